The van der Waals surface area contributed by atoms with Gasteiger partial charge >= 0.3 is 0 Å². The first kappa shape index (κ1) is 22.3. The molecule has 0 aliphatic carbocycles. The van der Waals surface area contributed by atoms with Gasteiger partial charge in [0.1, 0.15) is 19.0 Å². The van der Waals surface area contributed by atoms with Crippen molar-refractivity contribution in [2.75, 3.05) is 25.1 Å². The molecule has 1 amide bonds. The third-order valence-corrected chi connectivity index (χ3v) is 6.17. The molecule has 1 aliphatic rings. The quantitative estimate of drug-likeness (QED) is 0.561. The van der Waals surface area contributed by atoms with E-state index < -0.39 is 15.8 Å². The lowest BCUT2D eigenvalue weighted by Crippen LogP contribution is -2.25. The summed E-state index contributed by atoms with van der Waals surface area (Å²) < 4.78 is 51.5. The van der Waals surface area contributed by atoms with Crippen molar-refractivity contribution >= 4 is 33.2 Å². The lowest BCUT2D eigenvalue weighted by molar-refractivity contribution is -0.116. The summed E-state index contributed by atoms with van der Waals surface area (Å²) in [5, 5.41) is 2.59. The molecule has 1 aliphatic heterocycles. The minimum atomic E-state index is -3.66. The number of unbranched alkanes of at least 4 members (excludes halogenated alkanes) is 2. The number of carbonyl (C=O) groups excluding carboxylic acids is 1. The summed E-state index contributed by atoms with van der Waals surface area (Å²) >= 11 is 5.60. The smallest absolute Gasteiger partial charge is 0.240 e. The van der Waals surface area contributed by atoms with Gasteiger partial charge in [-0.3, -0.25) is 4.79 Å². The van der Waals surface area contributed by atoms with Crippen LogP contribution in [0.5, 0.6) is 11.5 Å². The average molecular weight is 457 g/mol. The first-order valence-electron chi connectivity index (χ1n) is 9.49. The topological polar surface area (TPSA) is 93.7 Å². The SMILES string of the molecule is O=C(CCCCCNS(=O)(=O)c1ccc2c(c1)OCCO2)Nc1ccc(Cl)c(F)c1. The van der Waals surface area contributed by atoms with Crippen LogP contribution in [0, 0.1) is 5.82 Å². The molecular formula is C20H22ClFN2O5S. The Morgan fingerprint density at radius 2 is 1.80 bits per heavy atom. The molecule has 1 heterocycles. The number of hydrogen-bond acceptors (Lipinski definition) is 5. The highest BCUT2D eigenvalue weighted by Gasteiger charge is 2.18. The fraction of sp³-hybridized carbons (Fsp3) is 0.350. The fourth-order valence-corrected chi connectivity index (χ4v) is 4.07. The molecular weight excluding hydrogens is 435 g/mol. The van der Waals surface area contributed by atoms with Crippen molar-refractivity contribution in [1.29, 1.82) is 0 Å². The summed E-state index contributed by atoms with van der Waals surface area (Å²) in [6, 6.07) is 8.55. The Morgan fingerprint density at radius 1 is 1.03 bits per heavy atom. The second-order valence-electron chi connectivity index (χ2n) is 6.69. The maximum atomic E-state index is 13.4. The van der Waals surface area contributed by atoms with Crippen molar-refractivity contribution in [2.24, 2.45) is 0 Å². The number of fused-ring (bicyclic) bond motifs is 1. The van der Waals surface area contributed by atoms with Crippen molar-refractivity contribution in [3.8, 4) is 11.5 Å². The van der Waals surface area contributed by atoms with Crippen LogP contribution in [-0.2, 0) is 14.8 Å². The highest BCUT2D eigenvalue weighted by molar-refractivity contribution is 7.89. The summed E-state index contributed by atoms with van der Waals surface area (Å²) in [5.74, 6) is 0.101. The van der Waals surface area contributed by atoms with Crippen LogP contribution in [0.15, 0.2) is 41.3 Å². The van der Waals surface area contributed by atoms with E-state index in [0.29, 0.717) is 49.7 Å². The Bertz CT molecular complexity index is 1020. The lowest BCUT2D eigenvalue weighted by atomic mass is 10.2. The maximum absolute atomic E-state index is 13.4. The van der Waals surface area contributed by atoms with Crippen LogP contribution in [0.3, 0.4) is 0 Å². The molecule has 162 valence electrons. The number of carbonyl (C=O) groups is 1. The molecule has 0 saturated carbocycles. The van der Waals surface area contributed by atoms with E-state index in [0.717, 1.165) is 6.07 Å². The molecule has 7 nitrogen and oxygen atoms in total. The van der Waals surface area contributed by atoms with Crippen LogP contribution in [0.25, 0.3) is 0 Å². The van der Waals surface area contributed by atoms with Crippen molar-refractivity contribution in [2.45, 2.75) is 30.6 Å². The van der Waals surface area contributed by atoms with Crippen molar-refractivity contribution < 1.29 is 27.1 Å². The molecule has 10 heteroatoms. The molecule has 0 unspecified atom stereocenters. The maximum Gasteiger partial charge on any atom is 0.240 e. The molecule has 3 rings (SSSR count). The molecule has 0 bridgehead atoms. The molecule has 0 radical (unpaired) electrons. The van der Waals surface area contributed by atoms with E-state index in [1.54, 1.807) is 6.07 Å². The Labute approximate surface area is 179 Å². The van der Waals surface area contributed by atoms with Crippen LogP contribution in [-0.4, -0.2) is 34.1 Å². The van der Waals surface area contributed by atoms with Crippen molar-refractivity contribution in [1.82, 2.24) is 4.72 Å². The van der Waals surface area contributed by atoms with Gasteiger partial charge in [0.15, 0.2) is 11.5 Å². The Kier molecular flexibility index (Phi) is 7.52. The predicted octanol–water partition coefficient (Wildman–Crippen LogP) is 3.73. The summed E-state index contributed by atoms with van der Waals surface area (Å²) in [6.07, 6.45) is 2.06. The second kappa shape index (κ2) is 10.1. The molecule has 2 N–H and O–H groups in total. The zero-order chi connectivity index (χ0) is 21.6. The van der Waals surface area contributed by atoms with Gasteiger partial charge in [0.2, 0.25) is 15.9 Å². The number of amides is 1. The number of ether oxygens (including phenoxy) is 2. The minimum absolute atomic E-state index is 0.00769. The van der Waals surface area contributed by atoms with E-state index in [1.807, 2.05) is 0 Å². The monoisotopic (exact) mass is 456 g/mol. The van der Waals surface area contributed by atoms with Gasteiger partial charge in [-0.15, -0.1) is 0 Å². The van der Waals surface area contributed by atoms with E-state index in [2.05, 4.69) is 10.0 Å². The molecule has 2 aromatic carbocycles. The van der Waals surface area contributed by atoms with Gasteiger partial charge in [-0.2, -0.15) is 0 Å². The summed E-state index contributed by atoms with van der Waals surface area (Å²) in [5.41, 5.74) is 0.342. The number of anilines is 1. The zero-order valence-corrected chi connectivity index (χ0v) is 17.7. The third-order valence-electron chi connectivity index (χ3n) is 4.40. The summed E-state index contributed by atoms with van der Waals surface area (Å²) in [7, 11) is -3.66. The molecule has 0 saturated heterocycles. The van der Waals surface area contributed by atoms with Gasteiger partial charge in [-0.1, -0.05) is 18.0 Å². The predicted molar refractivity (Wildman–Crippen MR) is 111 cm³/mol. The number of nitrogens with one attached hydrogen (secondary N) is 2. The van der Waals surface area contributed by atoms with E-state index in [4.69, 9.17) is 21.1 Å². The minimum Gasteiger partial charge on any atom is -0.486 e. The van der Waals surface area contributed by atoms with E-state index in [9.17, 15) is 17.6 Å². The third kappa shape index (κ3) is 6.07. The standard InChI is InChI=1S/C20H22ClFN2O5S/c21-16-7-5-14(12-17(16)22)24-20(25)4-2-1-3-9-23-30(26,27)15-6-8-18-19(13-15)29-11-10-28-18/h5-8,12-13,23H,1-4,9-11H2,(H,24,25). The Balaban J connectivity index is 1.37. The van der Waals surface area contributed by atoms with Crippen LogP contribution in [0.2, 0.25) is 5.02 Å². The summed E-state index contributed by atoms with van der Waals surface area (Å²) in [6.45, 7) is 1.07. The normalized spacial score (nSPS) is 13.1. The first-order chi connectivity index (χ1) is 14.3. The number of hydrogen-bond donors (Lipinski definition) is 2. The molecule has 0 aromatic heterocycles. The van der Waals surface area contributed by atoms with Gasteiger partial charge in [0.05, 0.1) is 9.92 Å². The highest BCUT2D eigenvalue weighted by Crippen LogP contribution is 2.32. The van der Waals surface area contributed by atoms with Crippen LogP contribution < -0.4 is 19.5 Å². The molecule has 0 spiro atoms. The molecule has 2 aromatic rings. The molecule has 0 atom stereocenters. The Hall–Kier alpha value is -2.36. The van der Waals surface area contributed by atoms with E-state index in [1.165, 1.54) is 24.3 Å². The zero-order valence-electron chi connectivity index (χ0n) is 16.1. The summed E-state index contributed by atoms with van der Waals surface area (Å²) in [4.78, 5) is 12.0. The number of benzene rings is 2. The molecule has 0 fully saturated rings. The average Bonchev–Trinajstić information content (AvgIpc) is 2.73. The van der Waals surface area contributed by atoms with Gasteiger partial charge < -0.3 is 14.8 Å². The van der Waals surface area contributed by atoms with Crippen LogP contribution in [0.4, 0.5) is 10.1 Å². The Morgan fingerprint density at radius 3 is 2.57 bits per heavy atom. The van der Waals surface area contributed by atoms with Gasteiger partial charge in [-0.05, 0) is 43.2 Å². The first-order valence-corrected chi connectivity index (χ1v) is 11.4. The van der Waals surface area contributed by atoms with Gasteiger partial charge in [-0.25, -0.2) is 17.5 Å². The van der Waals surface area contributed by atoms with Gasteiger partial charge in [0, 0.05) is 24.7 Å². The number of rotatable bonds is 9. The number of sulfonamides is 1. The highest BCUT2D eigenvalue weighted by atomic mass is 35.5. The van der Waals surface area contributed by atoms with Crippen LogP contribution >= 0.6 is 11.6 Å². The van der Waals surface area contributed by atoms with Crippen LogP contribution in [0.1, 0.15) is 25.7 Å². The van der Waals surface area contributed by atoms with Crippen molar-refractivity contribution in [3.05, 3.63) is 47.2 Å². The second-order valence-corrected chi connectivity index (χ2v) is 8.87. The lowest BCUT2D eigenvalue weighted by Gasteiger charge is -2.18. The van der Waals surface area contributed by atoms with Gasteiger partial charge in [0.25, 0.3) is 0 Å². The largest absolute Gasteiger partial charge is 0.486 e. The number of halogens is 2. The van der Waals surface area contributed by atoms with E-state index in [-0.39, 0.29) is 28.8 Å². The van der Waals surface area contributed by atoms with Crippen molar-refractivity contribution in [3.63, 3.8) is 0 Å². The fourth-order valence-electron chi connectivity index (χ4n) is 2.87. The molecule has 30 heavy (non-hydrogen) atoms. The van der Waals surface area contributed by atoms with E-state index >= 15 is 0 Å².